The summed E-state index contributed by atoms with van der Waals surface area (Å²) in [6.07, 6.45) is 1.50. The zero-order valence-electron chi connectivity index (χ0n) is 13.7. The van der Waals surface area contributed by atoms with Gasteiger partial charge in [0, 0.05) is 13.1 Å². The number of benzene rings is 2. The largest absolute Gasteiger partial charge is 0.391 e. The molecule has 0 spiro atoms. The first-order valence-corrected chi connectivity index (χ1v) is 8.18. The number of hydrogen-bond acceptors (Lipinski definition) is 2. The van der Waals surface area contributed by atoms with Crippen LogP contribution in [0.25, 0.3) is 0 Å². The van der Waals surface area contributed by atoms with Gasteiger partial charge in [-0.1, -0.05) is 61.5 Å². The third-order valence-corrected chi connectivity index (χ3v) is 3.98. The topological polar surface area (TPSA) is 23.5 Å². The average molecular weight is 297 g/mol. The maximum Gasteiger partial charge on any atom is 0.0707 e. The number of aliphatic hydroxyl groups excluding tert-OH is 1. The van der Waals surface area contributed by atoms with Crippen LogP contribution in [-0.4, -0.2) is 29.2 Å². The molecule has 2 aromatic rings. The van der Waals surface area contributed by atoms with Crippen LogP contribution in [0, 0.1) is 6.92 Å². The molecule has 118 valence electrons. The van der Waals surface area contributed by atoms with Crippen LogP contribution in [0.5, 0.6) is 0 Å². The van der Waals surface area contributed by atoms with Crippen molar-refractivity contribution in [3.05, 3.63) is 71.3 Å². The predicted octanol–water partition coefficient (Wildman–Crippen LogP) is 3.81. The van der Waals surface area contributed by atoms with Crippen molar-refractivity contribution < 1.29 is 5.11 Å². The summed E-state index contributed by atoms with van der Waals surface area (Å²) in [7, 11) is 0. The zero-order valence-corrected chi connectivity index (χ0v) is 13.7. The van der Waals surface area contributed by atoms with E-state index in [1.807, 2.05) is 18.2 Å². The fraction of sp³-hybridized carbons (Fsp3) is 0.400. The zero-order chi connectivity index (χ0) is 15.8. The highest BCUT2D eigenvalue weighted by Gasteiger charge is 2.13. The molecule has 1 atom stereocenters. The standard InChI is InChI=1S/C20H27NO/c1-3-13-21(15-19-12-8-7-9-17(19)2)16-20(22)14-18-10-5-4-6-11-18/h4-12,20,22H,3,13-16H2,1-2H3. The molecule has 0 radical (unpaired) electrons. The molecule has 2 heteroatoms. The van der Waals surface area contributed by atoms with Crippen molar-refractivity contribution in [1.29, 1.82) is 0 Å². The van der Waals surface area contributed by atoms with E-state index in [0.29, 0.717) is 0 Å². The van der Waals surface area contributed by atoms with Crippen molar-refractivity contribution in [2.24, 2.45) is 0 Å². The Morgan fingerprint density at radius 2 is 1.68 bits per heavy atom. The molecule has 2 nitrogen and oxygen atoms in total. The summed E-state index contributed by atoms with van der Waals surface area (Å²) < 4.78 is 0. The van der Waals surface area contributed by atoms with Gasteiger partial charge in [-0.05, 0) is 43.0 Å². The second-order valence-electron chi connectivity index (χ2n) is 6.01. The van der Waals surface area contributed by atoms with Crippen LogP contribution in [0.1, 0.15) is 30.0 Å². The van der Waals surface area contributed by atoms with Crippen LogP contribution in [-0.2, 0) is 13.0 Å². The first-order chi connectivity index (χ1) is 10.7. The SMILES string of the molecule is CCCN(Cc1ccccc1C)CC(O)Cc1ccccc1. The lowest BCUT2D eigenvalue weighted by atomic mass is 10.1. The monoisotopic (exact) mass is 297 g/mol. The molecule has 0 saturated heterocycles. The van der Waals surface area contributed by atoms with Gasteiger partial charge >= 0.3 is 0 Å². The van der Waals surface area contributed by atoms with Crippen molar-refractivity contribution in [1.82, 2.24) is 4.90 Å². The van der Waals surface area contributed by atoms with Crippen LogP contribution in [0.15, 0.2) is 54.6 Å². The number of aryl methyl sites for hydroxylation is 1. The van der Waals surface area contributed by atoms with Crippen LogP contribution < -0.4 is 0 Å². The minimum absolute atomic E-state index is 0.321. The second-order valence-corrected chi connectivity index (χ2v) is 6.01. The van der Waals surface area contributed by atoms with Crippen molar-refractivity contribution in [2.75, 3.05) is 13.1 Å². The molecule has 0 bridgehead atoms. The minimum Gasteiger partial charge on any atom is -0.391 e. The van der Waals surface area contributed by atoms with E-state index in [4.69, 9.17) is 0 Å². The molecule has 1 unspecified atom stereocenters. The molecular weight excluding hydrogens is 270 g/mol. The van der Waals surface area contributed by atoms with Crippen molar-refractivity contribution in [3.8, 4) is 0 Å². The lowest BCUT2D eigenvalue weighted by Gasteiger charge is -2.25. The molecule has 2 rings (SSSR count). The average Bonchev–Trinajstić information content (AvgIpc) is 2.50. The highest BCUT2D eigenvalue weighted by molar-refractivity contribution is 5.25. The predicted molar refractivity (Wildman–Crippen MR) is 92.9 cm³/mol. The van der Waals surface area contributed by atoms with Gasteiger partial charge in [-0.3, -0.25) is 4.90 Å². The molecule has 22 heavy (non-hydrogen) atoms. The Hall–Kier alpha value is -1.64. The summed E-state index contributed by atoms with van der Waals surface area (Å²) in [5, 5.41) is 10.4. The van der Waals surface area contributed by atoms with Gasteiger partial charge in [-0.2, -0.15) is 0 Å². The summed E-state index contributed by atoms with van der Waals surface area (Å²) >= 11 is 0. The van der Waals surface area contributed by atoms with Crippen molar-refractivity contribution in [2.45, 2.75) is 39.3 Å². The smallest absolute Gasteiger partial charge is 0.0707 e. The van der Waals surface area contributed by atoms with E-state index in [1.54, 1.807) is 0 Å². The van der Waals surface area contributed by atoms with E-state index in [1.165, 1.54) is 16.7 Å². The Bertz CT molecular complexity index is 553. The van der Waals surface area contributed by atoms with Crippen molar-refractivity contribution in [3.63, 3.8) is 0 Å². The quantitative estimate of drug-likeness (QED) is 0.801. The third-order valence-electron chi connectivity index (χ3n) is 3.98. The maximum absolute atomic E-state index is 10.4. The highest BCUT2D eigenvalue weighted by Crippen LogP contribution is 2.12. The molecule has 0 heterocycles. The van der Waals surface area contributed by atoms with Gasteiger partial charge < -0.3 is 5.11 Å². The Morgan fingerprint density at radius 1 is 1.00 bits per heavy atom. The van der Waals surface area contributed by atoms with Crippen LogP contribution in [0.2, 0.25) is 0 Å². The Morgan fingerprint density at radius 3 is 2.36 bits per heavy atom. The van der Waals surface area contributed by atoms with Gasteiger partial charge in [-0.15, -0.1) is 0 Å². The Kier molecular flexibility index (Phi) is 6.63. The van der Waals surface area contributed by atoms with Crippen molar-refractivity contribution >= 4 is 0 Å². The third kappa shape index (κ3) is 5.28. The Labute approximate surface area is 134 Å². The number of aliphatic hydroxyl groups is 1. The van der Waals surface area contributed by atoms with Gasteiger partial charge in [-0.25, -0.2) is 0 Å². The Balaban J connectivity index is 1.95. The van der Waals surface area contributed by atoms with E-state index in [2.05, 4.69) is 55.1 Å². The molecule has 0 aliphatic rings. The molecule has 0 aliphatic carbocycles. The van der Waals surface area contributed by atoms with E-state index < -0.39 is 0 Å². The highest BCUT2D eigenvalue weighted by atomic mass is 16.3. The molecule has 0 saturated carbocycles. The molecule has 0 aliphatic heterocycles. The van der Waals surface area contributed by atoms with Crippen LogP contribution in [0.3, 0.4) is 0 Å². The van der Waals surface area contributed by atoms with E-state index in [9.17, 15) is 5.11 Å². The summed E-state index contributed by atoms with van der Waals surface area (Å²) in [6.45, 7) is 6.98. The molecule has 0 aromatic heterocycles. The fourth-order valence-electron chi connectivity index (χ4n) is 2.83. The number of rotatable bonds is 8. The van der Waals surface area contributed by atoms with E-state index >= 15 is 0 Å². The first-order valence-electron chi connectivity index (χ1n) is 8.18. The molecule has 0 fully saturated rings. The molecule has 1 N–H and O–H groups in total. The van der Waals surface area contributed by atoms with Gasteiger partial charge in [0.15, 0.2) is 0 Å². The summed E-state index contributed by atoms with van der Waals surface area (Å²) in [4.78, 5) is 2.36. The summed E-state index contributed by atoms with van der Waals surface area (Å²) in [5.41, 5.74) is 3.87. The van der Waals surface area contributed by atoms with E-state index in [0.717, 1.165) is 32.5 Å². The number of nitrogens with zero attached hydrogens (tertiary/aromatic N) is 1. The molecule has 0 amide bonds. The van der Waals surface area contributed by atoms with Gasteiger partial charge in [0.1, 0.15) is 0 Å². The van der Waals surface area contributed by atoms with Gasteiger partial charge in [0.05, 0.1) is 6.10 Å². The van der Waals surface area contributed by atoms with Gasteiger partial charge in [0.2, 0.25) is 0 Å². The van der Waals surface area contributed by atoms with Crippen LogP contribution in [0.4, 0.5) is 0 Å². The lowest BCUT2D eigenvalue weighted by molar-refractivity contribution is 0.108. The van der Waals surface area contributed by atoms with Crippen LogP contribution >= 0.6 is 0 Å². The normalized spacial score (nSPS) is 12.5. The molecule has 2 aromatic carbocycles. The lowest BCUT2D eigenvalue weighted by Crippen LogP contribution is -2.34. The fourth-order valence-corrected chi connectivity index (χ4v) is 2.83. The summed E-state index contributed by atoms with van der Waals surface area (Å²) in [6, 6.07) is 18.7. The summed E-state index contributed by atoms with van der Waals surface area (Å²) in [5.74, 6) is 0. The maximum atomic E-state index is 10.4. The first kappa shape index (κ1) is 16.7. The van der Waals surface area contributed by atoms with Gasteiger partial charge in [0.25, 0.3) is 0 Å². The minimum atomic E-state index is -0.321. The number of hydrogen-bond donors (Lipinski definition) is 1. The van der Waals surface area contributed by atoms with E-state index in [-0.39, 0.29) is 6.10 Å². The molecular formula is C20H27NO. The second kappa shape index (κ2) is 8.72.